The van der Waals surface area contributed by atoms with Crippen molar-refractivity contribution in [3.63, 3.8) is 0 Å². The summed E-state index contributed by atoms with van der Waals surface area (Å²) in [4.78, 5) is 30.1. The van der Waals surface area contributed by atoms with Gasteiger partial charge in [-0.15, -0.1) is 0 Å². The Morgan fingerprint density at radius 2 is 1.90 bits per heavy atom. The largest absolute Gasteiger partial charge is 0.423 e. The lowest BCUT2D eigenvalue weighted by Crippen LogP contribution is -2.38. The summed E-state index contributed by atoms with van der Waals surface area (Å²) in [6, 6.07) is 11.2. The van der Waals surface area contributed by atoms with Crippen LogP contribution in [0.15, 0.2) is 46.9 Å². The van der Waals surface area contributed by atoms with Crippen molar-refractivity contribution >= 4 is 40.4 Å². The predicted octanol–water partition coefficient (Wildman–Crippen LogP) is 3.31. The highest BCUT2D eigenvalue weighted by Crippen LogP contribution is 2.27. The topological polar surface area (TPSA) is 113 Å². The van der Waals surface area contributed by atoms with Gasteiger partial charge in [0.15, 0.2) is 5.58 Å². The van der Waals surface area contributed by atoms with Crippen LogP contribution in [-0.4, -0.2) is 30.0 Å². The van der Waals surface area contributed by atoms with Crippen LogP contribution in [0.2, 0.25) is 0 Å². The van der Waals surface area contributed by atoms with Gasteiger partial charge in [-0.3, -0.25) is 4.79 Å². The molecule has 0 atom stereocenters. The van der Waals surface area contributed by atoms with Gasteiger partial charge in [0.2, 0.25) is 5.91 Å². The van der Waals surface area contributed by atoms with Crippen LogP contribution in [0.3, 0.4) is 0 Å². The molecule has 0 spiro atoms. The number of carbonyl (C=O) groups excluding carboxylic acids is 2. The molecule has 1 aromatic heterocycles. The average molecular weight is 397 g/mol. The SMILES string of the molecule is NC(=O)Nc1cc(NC(=O)C2CCN(c3nc4ccccc4o3)CC2)ccc1F. The molecule has 1 aliphatic rings. The Bertz CT molecular complexity index is 1030. The first kappa shape index (κ1) is 18.7. The Balaban J connectivity index is 1.37. The molecule has 4 rings (SSSR count). The summed E-state index contributed by atoms with van der Waals surface area (Å²) in [6.07, 6.45) is 1.27. The van der Waals surface area contributed by atoms with Gasteiger partial charge >= 0.3 is 6.03 Å². The minimum Gasteiger partial charge on any atom is -0.423 e. The molecule has 9 heteroatoms. The number of carbonyl (C=O) groups is 2. The van der Waals surface area contributed by atoms with Crippen LogP contribution < -0.4 is 21.3 Å². The van der Waals surface area contributed by atoms with Crippen LogP contribution in [-0.2, 0) is 4.79 Å². The van der Waals surface area contributed by atoms with Crippen LogP contribution in [0.25, 0.3) is 11.1 Å². The van der Waals surface area contributed by atoms with Crippen LogP contribution in [0, 0.1) is 11.7 Å². The highest BCUT2D eigenvalue weighted by molar-refractivity contribution is 5.94. The zero-order valence-electron chi connectivity index (χ0n) is 15.5. The molecular weight excluding hydrogens is 377 g/mol. The number of aromatic nitrogens is 1. The number of nitrogens with two attached hydrogens (primary N) is 1. The third kappa shape index (κ3) is 4.13. The van der Waals surface area contributed by atoms with Gasteiger partial charge in [0.25, 0.3) is 6.01 Å². The molecule has 3 aromatic rings. The second-order valence-corrected chi connectivity index (χ2v) is 6.90. The van der Waals surface area contributed by atoms with Crippen molar-refractivity contribution in [2.45, 2.75) is 12.8 Å². The number of primary amides is 1. The van der Waals surface area contributed by atoms with Crippen LogP contribution in [0.5, 0.6) is 0 Å². The highest BCUT2D eigenvalue weighted by atomic mass is 19.1. The van der Waals surface area contributed by atoms with E-state index in [1.165, 1.54) is 12.1 Å². The lowest BCUT2D eigenvalue weighted by molar-refractivity contribution is -0.120. The first-order valence-corrected chi connectivity index (χ1v) is 9.27. The van der Waals surface area contributed by atoms with Gasteiger partial charge in [0.1, 0.15) is 11.3 Å². The Kier molecular flexibility index (Phi) is 5.03. The monoisotopic (exact) mass is 397 g/mol. The van der Waals surface area contributed by atoms with Crippen molar-refractivity contribution < 1.29 is 18.4 Å². The van der Waals surface area contributed by atoms with Crippen molar-refractivity contribution in [2.24, 2.45) is 11.7 Å². The van der Waals surface area contributed by atoms with E-state index in [2.05, 4.69) is 15.6 Å². The van der Waals surface area contributed by atoms with E-state index in [1.807, 2.05) is 29.2 Å². The highest BCUT2D eigenvalue weighted by Gasteiger charge is 2.27. The van der Waals surface area contributed by atoms with Gasteiger partial charge < -0.3 is 25.7 Å². The van der Waals surface area contributed by atoms with Gasteiger partial charge in [-0.25, -0.2) is 9.18 Å². The van der Waals surface area contributed by atoms with Gasteiger partial charge in [0.05, 0.1) is 5.69 Å². The number of fused-ring (bicyclic) bond motifs is 1. The minimum absolute atomic E-state index is 0.0823. The normalized spacial score (nSPS) is 14.7. The summed E-state index contributed by atoms with van der Waals surface area (Å²) in [6.45, 7) is 1.28. The number of hydrogen-bond donors (Lipinski definition) is 3. The van der Waals surface area contributed by atoms with Crippen molar-refractivity contribution in [1.82, 2.24) is 4.98 Å². The third-order valence-electron chi connectivity index (χ3n) is 4.91. The summed E-state index contributed by atoms with van der Waals surface area (Å²) in [5, 5.41) is 4.96. The van der Waals surface area contributed by atoms with Crippen LogP contribution in [0.4, 0.5) is 26.6 Å². The first-order valence-electron chi connectivity index (χ1n) is 9.27. The van der Waals surface area contributed by atoms with E-state index < -0.39 is 11.8 Å². The van der Waals surface area contributed by atoms with E-state index in [9.17, 15) is 14.0 Å². The maximum atomic E-state index is 13.7. The summed E-state index contributed by atoms with van der Waals surface area (Å²) >= 11 is 0. The summed E-state index contributed by atoms with van der Waals surface area (Å²) in [5.74, 6) is -0.972. The molecule has 2 aromatic carbocycles. The molecule has 150 valence electrons. The number of anilines is 3. The van der Waals surface area contributed by atoms with Crippen LogP contribution in [0.1, 0.15) is 12.8 Å². The third-order valence-corrected chi connectivity index (χ3v) is 4.91. The average Bonchev–Trinajstić information content (AvgIpc) is 3.14. The zero-order chi connectivity index (χ0) is 20.4. The van der Waals surface area contributed by atoms with Crippen molar-refractivity contribution in [1.29, 1.82) is 0 Å². The molecule has 3 amide bonds. The summed E-state index contributed by atoms with van der Waals surface area (Å²) < 4.78 is 19.5. The fraction of sp³-hybridized carbons (Fsp3) is 0.250. The second kappa shape index (κ2) is 7.78. The number of piperidine rings is 1. The molecule has 8 nitrogen and oxygen atoms in total. The number of urea groups is 1. The zero-order valence-corrected chi connectivity index (χ0v) is 15.5. The molecule has 2 heterocycles. The number of benzene rings is 2. The molecule has 1 fully saturated rings. The quantitative estimate of drug-likeness (QED) is 0.625. The van der Waals surface area contributed by atoms with Gasteiger partial charge in [0, 0.05) is 24.7 Å². The molecule has 0 aliphatic carbocycles. The molecule has 0 radical (unpaired) electrons. The van der Waals surface area contributed by atoms with Gasteiger partial charge in [-0.2, -0.15) is 4.98 Å². The van der Waals surface area contributed by atoms with Crippen molar-refractivity contribution in [3.8, 4) is 0 Å². The van der Waals surface area contributed by atoms with Gasteiger partial charge in [-0.05, 0) is 43.2 Å². The smallest absolute Gasteiger partial charge is 0.316 e. The van der Waals surface area contributed by atoms with Crippen molar-refractivity contribution in [3.05, 3.63) is 48.3 Å². The molecule has 4 N–H and O–H groups in total. The Morgan fingerprint density at radius 1 is 1.14 bits per heavy atom. The number of oxazole rings is 1. The van der Waals surface area contributed by atoms with Crippen LogP contribution >= 0.6 is 0 Å². The fourth-order valence-corrected chi connectivity index (χ4v) is 3.40. The first-order chi connectivity index (χ1) is 14.0. The predicted molar refractivity (Wildman–Crippen MR) is 107 cm³/mol. The number of rotatable bonds is 4. The molecule has 0 unspecified atom stereocenters. The maximum Gasteiger partial charge on any atom is 0.316 e. The maximum absolute atomic E-state index is 13.7. The molecule has 0 bridgehead atoms. The van der Waals surface area contributed by atoms with E-state index in [0.29, 0.717) is 37.6 Å². The Morgan fingerprint density at radius 3 is 2.62 bits per heavy atom. The minimum atomic E-state index is -0.876. The number of para-hydroxylation sites is 2. The van der Waals surface area contributed by atoms with E-state index >= 15 is 0 Å². The number of nitrogens with zero attached hydrogens (tertiary/aromatic N) is 2. The van der Waals surface area contributed by atoms with Crippen molar-refractivity contribution in [2.75, 3.05) is 28.6 Å². The fourth-order valence-electron chi connectivity index (χ4n) is 3.40. The number of nitrogens with one attached hydrogen (secondary N) is 2. The Hall–Kier alpha value is -3.62. The standard InChI is InChI=1S/C20H20FN5O3/c21-14-6-5-13(11-16(14)24-19(22)28)23-18(27)12-7-9-26(10-8-12)20-25-15-3-1-2-4-17(15)29-20/h1-6,11-12H,7-10H2,(H,23,27)(H3,22,24,28). The van der Waals surface area contributed by atoms with E-state index in [0.717, 1.165) is 17.2 Å². The number of amides is 3. The second-order valence-electron chi connectivity index (χ2n) is 6.90. The molecule has 1 aliphatic heterocycles. The Labute approximate surface area is 165 Å². The van der Waals surface area contributed by atoms with E-state index in [1.54, 1.807) is 0 Å². The van der Waals surface area contributed by atoms with Gasteiger partial charge in [-0.1, -0.05) is 12.1 Å². The molecule has 29 heavy (non-hydrogen) atoms. The lowest BCUT2D eigenvalue weighted by atomic mass is 9.96. The van der Waals surface area contributed by atoms with E-state index in [4.69, 9.17) is 10.2 Å². The number of hydrogen-bond acceptors (Lipinski definition) is 5. The number of halogens is 1. The summed E-state index contributed by atoms with van der Waals surface area (Å²) in [5.41, 5.74) is 6.87. The summed E-state index contributed by atoms with van der Waals surface area (Å²) in [7, 11) is 0. The molecule has 0 saturated carbocycles. The lowest BCUT2D eigenvalue weighted by Gasteiger charge is -2.30. The molecular formula is C20H20FN5O3. The van der Waals surface area contributed by atoms with E-state index in [-0.39, 0.29) is 17.5 Å². The molecule has 1 saturated heterocycles.